The van der Waals surface area contributed by atoms with Gasteiger partial charge in [0, 0.05) is 12.1 Å². The Morgan fingerprint density at radius 2 is 1.95 bits per heavy atom. The van der Waals surface area contributed by atoms with E-state index in [9.17, 15) is 0 Å². The summed E-state index contributed by atoms with van der Waals surface area (Å²) < 4.78 is 0. The molecule has 0 radical (unpaired) electrons. The number of unbranched alkanes of at least 4 members (excludes halogenated alkanes) is 1. The molecule has 2 fully saturated rings. The SMILES string of the molecule is CCCCC(NC(C)C1CC2CCC1C2)c1ccccc1. The molecule has 5 unspecified atom stereocenters. The van der Waals surface area contributed by atoms with Crippen molar-refractivity contribution in [3.05, 3.63) is 35.9 Å². The van der Waals surface area contributed by atoms with E-state index in [1.165, 1.54) is 50.5 Å². The third-order valence-electron chi connectivity index (χ3n) is 5.95. The van der Waals surface area contributed by atoms with Gasteiger partial charge in [0.1, 0.15) is 0 Å². The highest BCUT2D eigenvalue weighted by atomic mass is 15.0. The molecule has 0 saturated heterocycles. The number of fused-ring (bicyclic) bond motifs is 2. The van der Waals surface area contributed by atoms with Crippen LogP contribution in [0.1, 0.15) is 70.4 Å². The zero-order valence-corrected chi connectivity index (χ0v) is 13.7. The summed E-state index contributed by atoms with van der Waals surface area (Å²) in [5.41, 5.74) is 1.47. The summed E-state index contributed by atoms with van der Waals surface area (Å²) in [5, 5.41) is 3.99. The van der Waals surface area contributed by atoms with Crippen LogP contribution in [0.3, 0.4) is 0 Å². The summed E-state index contributed by atoms with van der Waals surface area (Å²) in [5.74, 6) is 2.99. The third kappa shape index (κ3) is 3.51. The van der Waals surface area contributed by atoms with E-state index in [1.807, 2.05) is 0 Å². The van der Waals surface area contributed by atoms with Crippen molar-refractivity contribution in [2.24, 2.45) is 17.8 Å². The molecule has 0 spiro atoms. The molecule has 2 bridgehead atoms. The highest BCUT2D eigenvalue weighted by Crippen LogP contribution is 2.49. The second-order valence-corrected chi connectivity index (χ2v) is 7.40. The van der Waals surface area contributed by atoms with Crippen LogP contribution in [-0.2, 0) is 0 Å². The Kier molecular flexibility index (Phi) is 5.00. The molecular weight excluding hydrogens is 254 g/mol. The summed E-state index contributed by atoms with van der Waals surface area (Å²) in [6.45, 7) is 4.73. The van der Waals surface area contributed by atoms with Gasteiger partial charge >= 0.3 is 0 Å². The van der Waals surface area contributed by atoms with E-state index in [0.717, 1.165) is 17.8 Å². The quantitative estimate of drug-likeness (QED) is 0.713. The van der Waals surface area contributed by atoms with Gasteiger partial charge in [-0.1, -0.05) is 56.5 Å². The van der Waals surface area contributed by atoms with E-state index >= 15 is 0 Å². The first kappa shape index (κ1) is 15.1. The molecule has 2 saturated carbocycles. The van der Waals surface area contributed by atoms with Crippen LogP contribution in [0.4, 0.5) is 0 Å². The summed E-state index contributed by atoms with van der Waals surface area (Å²) in [7, 11) is 0. The fraction of sp³-hybridized carbons (Fsp3) is 0.700. The first-order valence-corrected chi connectivity index (χ1v) is 9.09. The number of hydrogen-bond donors (Lipinski definition) is 1. The molecule has 1 aromatic carbocycles. The van der Waals surface area contributed by atoms with Crippen molar-refractivity contribution >= 4 is 0 Å². The minimum Gasteiger partial charge on any atom is -0.307 e. The van der Waals surface area contributed by atoms with E-state index in [4.69, 9.17) is 0 Å². The maximum atomic E-state index is 3.99. The predicted molar refractivity (Wildman–Crippen MR) is 90.2 cm³/mol. The highest BCUT2D eigenvalue weighted by Gasteiger charge is 2.42. The molecule has 116 valence electrons. The van der Waals surface area contributed by atoms with Gasteiger partial charge in [0.15, 0.2) is 0 Å². The van der Waals surface area contributed by atoms with Crippen LogP contribution in [0.15, 0.2) is 30.3 Å². The summed E-state index contributed by atoms with van der Waals surface area (Å²) in [6, 6.07) is 12.3. The minimum atomic E-state index is 0.542. The molecule has 0 amide bonds. The van der Waals surface area contributed by atoms with Crippen LogP contribution in [0.25, 0.3) is 0 Å². The van der Waals surface area contributed by atoms with Crippen LogP contribution in [0.2, 0.25) is 0 Å². The van der Waals surface area contributed by atoms with Crippen LogP contribution in [-0.4, -0.2) is 6.04 Å². The summed E-state index contributed by atoms with van der Waals surface area (Å²) in [6.07, 6.45) is 9.86. The molecule has 1 aromatic rings. The van der Waals surface area contributed by atoms with Gasteiger partial charge in [-0.2, -0.15) is 0 Å². The molecule has 21 heavy (non-hydrogen) atoms. The van der Waals surface area contributed by atoms with Gasteiger partial charge in [0.2, 0.25) is 0 Å². The maximum Gasteiger partial charge on any atom is 0.0322 e. The van der Waals surface area contributed by atoms with Gasteiger partial charge in [-0.3, -0.25) is 0 Å². The van der Waals surface area contributed by atoms with Gasteiger partial charge < -0.3 is 5.32 Å². The average molecular weight is 285 g/mol. The lowest BCUT2D eigenvalue weighted by Crippen LogP contribution is -2.38. The minimum absolute atomic E-state index is 0.542. The molecule has 0 heterocycles. The Morgan fingerprint density at radius 1 is 1.14 bits per heavy atom. The molecule has 2 aliphatic carbocycles. The zero-order chi connectivity index (χ0) is 14.7. The first-order valence-electron chi connectivity index (χ1n) is 9.09. The molecule has 0 aliphatic heterocycles. The summed E-state index contributed by atoms with van der Waals surface area (Å²) in [4.78, 5) is 0. The fourth-order valence-corrected chi connectivity index (χ4v) is 4.79. The second-order valence-electron chi connectivity index (χ2n) is 7.40. The molecular formula is C20H31N. The monoisotopic (exact) mass is 285 g/mol. The Bertz CT molecular complexity index is 427. The van der Waals surface area contributed by atoms with Crippen molar-refractivity contribution in [2.75, 3.05) is 0 Å². The average Bonchev–Trinajstić information content (AvgIpc) is 3.15. The largest absolute Gasteiger partial charge is 0.307 e. The van der Waals surface area contributed by atoms with Crippen LogP contribution in [0, 0.1) is 17.8 Å². The smallest absolute Gasteiger partial charge is 0.0322 e. The third-order valence-corrected chi connectivity index (χ3v) is 5.95. The molecule has 0 aromatic heterocycles. The standard InChI is InChI=1S/C20H31N/c1-3-4-10-20(17-8-6-5-7-9-17)21-15(2)19-14-16-11-12-18(19)13-16/h5-9,15-16,18-21H,3-4,10-14H2,1-2H3. The van der Waals surface area contributed by atoms with Crippen molar-refractivity contribution < 1.29 is 0 Å². The normalized spacial score (nSPS) is 30.5. The second kappa shape index (κ2) is 6.96. The fourth-order valence-electron chi connectivity index (χ4n) is 4.79. The molecule has 1 N–H and O–H groups in total. The highest BCUT2D eigenvalue weighted by molar-refractivity contribution is 5.19. The zero-order valence-electron chi connectivity index (χ0n) is 13.7. The van der Waals surface area contributed by atoms with E-state index in [0.29, 0.717) is 12.1 Å². The number of rotatable bonds is 7. The molecule has 5 atom stereocenters. The van der Waals surface area contributed by atoms with E-state index in [-0.39, 0.29) is 0 Å². The van der Waals surface area contributed by atoms with E-state index in [1.54, 1.807) is 0 Å². The van der Waals surface area contributed by atoms with Crippen molar-refractivity contribution in [3.63, 3.8) is 0 Å². The predicted octanol–water partition coefficient (Wildman–Crippen LogP) is 5.33. The Labute approximate surface area is 130 Å². The molecule has 3 rings (SSSR count). The van der Waals surface area contributed by atoms with Gasteiger partial charge in [0.05, 0.1) is 0 Å². The van der Waals surface area contributed by atoms with Gasteiger partial charge in [-0.05, 0) is 55.9 Å². The Hall–Kier alpha value is -0.820. The van der Waals surface area contributed by atoms with Gasteiger partial charge in [-0.15, -0.1) is 0 Å². The lowest BCUT2D eigenvalue weighted by molar-refractivity contribution is 0.241. The topological polar surface area (TPSA) is 12.0 Å². The molecule has 1 heteroatoms. The number of hydrogen-bond acceptors (Lipinski definition) is 1. The van der Waals surface area contributed by atoms with Crippen molar-refractivity contribution in [1.82, 2.24) is 5.32 Å². The van der Waals surface area contributed by atoms with E-state index in [2.05, 4.69) is 49.5 Å². The van der Waals surface area contributed by atoms with Crippen molar-refractivity contribution in [2.45, 2.75) is 70.9 Å². The van der Waals surface area contributed by atoms with Crippen molar-refractivity contribution in [1.29, 1.82) is 0 Å². The Balaban J connectivity index is 1.63. The Morgan fingerprint density at radius 3 is 2.57 bits per heavy atom. The summed E-state index contributed by atoms with van der Waals surface area (Å²) >= 11 is 0. The van der Waals surface area contributed by atoms with Crippen LogP contribution < -0.4 is 5.32 Å². The lowest BCUT2D eigenvalue weighted by Gasteiger charge is -2.32. The lowest BCUT2D eigenvalue weighted by atomic mass is 9.83. The molecule has 1 nitrogen and oxygen atoms in total. The molecule has 2 aliphatic rings. The van der Waals surface area contributed by atoms with Crippen LogP contribution >= 0.6 is 0 Å². The van der Waals surface area contributed by atoms with Gasteiger partial charge in [0.25, 0.3) is 0 Å². The van der Waals surface area contributed by atoms with Crippen molar-refractivity contribution in [3.8, 4) is 0 Å². The van der Waals surface area contributed by atoms with Gasteiger partial charge in [-0.25, -0.2) is 0 Å². The number of nitrogens with one attached hydrogen (secondary N) is 1. The first-order chi connectivity index (χ1) is 10.3. The van der Waals surface area contributed by atoms with Crippen LogP contribution in [0.5, 0.6) is 0 Å². The van der Waals surface area contributed by atoms with E-state index < -0.39 is 0 Å². The maximum absolute atomic E-state index is 3.99. The number of benzene rings is 1.